The molecule has 11 heavy (non-hydrogen) atoms. The van der Waals surface area contributed by atoms with Crippen molar-refractivity contribution in [3.63, 3.8) is 0 Å². The summed E-state index contributed by atoms with van der Waals surface area (Å²) < 4.78 is 4.60. The molecule has 0 aromatic carbocycles. The van der Waals surface area contributed by atoms with Crippen molar-refractivity contribution < 1.29 is 45.6 Å². The van der Waals surface area contributed by atoms with Crippen LogP contribution in [-0.2, 0) is 9.53 Å². The molecule has 0 unspecified atom stereocenters. The van der Waals surface area contributed by atoms with Gasteiger partial charge in [0.15, 0.2) is 0 Å². The van der Waals surface area contributed by atoms with Crippen LogP contribution in [0.4, 0.5) is 0 Å². The van der Waals surface area contributed by atoms with Gasteiger partial charge in [-0.05, 0) is 6.42 Å². The molecule has 62 valence electrons. The number of aliphatic hydroxyl groups excluding tert-OH is 1. The SMILES string of the molecule is CCCCCOC(=O)CO.[H-].[Na+]. The van der Waals surface area contributed by atoms with Gasteiger partial charge in [-0.15, -0.1) is 0 Å². The number of rotatable bonds is 5. The molecule has 0 saturated heterocycles. The first-order chi connectivity index (χ1) is 4.81. The molecule has 0 spiro atoms. The van der Waals surface area contributed by atoms with Crippen molar-refractivity contribution in [3.8, 4) is 0 Å². The van der Waals surface area contributed by atoms with Crippen LogP contribution in [0.15, 0.2) is 0 Å². The average molecular weight is 170 g/mol. The van der Waals surface area contributed by atoms with Crippen LogP contribution < -0.4 is 29.6 Å². The molecule has 4 heteroatoms. The fourth-order valence-corrected chi connectivity index (χ4v) is 0.584. The van der Waals surface area contributed by atoms with Crippen LogP contribution >= 0.6 is 0 Å². The summed E-state index contributed by atoms with van der Waals surface area (Å²) >= 11 is 0. The molecule has 3 nitrogen and oxygen atoms in total. The summed E-state index contributed by atoms with van der Waals surface area (Å²) in [5, 5.41) is 8.22. The Balaban J connectivity index is -0.000000405. The molecule has 0 aliphatic heterocycles. The number of hydrogen-bond donors (Lipinski definition) is 1. The van der Waals surface area contributed by atoms with Crippen LogP contribution in [0.5, 0.6) is 0 Å². The fraction of sp³-hybridized carbons (Fsp3) is 0.857. The Kier molecular flexibility index (Phi) is 13.3. The molecule has 0 bridgehead atoms. The van der Waals surface area contributed by atoms with E-state index in [1.807, 2.05) is 0 Å². The van der Waals surface area contributed by atoms with E-state index in [4.69, 9.17) is 5.11 Å². The van der Waals surface area contributed by atoms with E-state index < -0.39 is 12.6 Å². The molecule has 0 fully saturated rings. The molecule has 0 aromatic rings. The Morgan fingerprint density at radius 3 is 2.64 bits per heavy atom. The van der Waals surface area contributed by atoms with E-state index in [2.05, 4.69) is 11.7 Å². The summed E-state index contributed by atoms with van der Waals surface area (Å²) in [4.78, 5) is 10.3. The van der Waals surface area contributed by atoms with E-state index in [-0.39, 0.29) is 31.0 Å². The Bertz CT molecular complexity index is 101. The molecule has 0 atom stereocenters. The Labute approximate surface area is 90.9 Å². The van der Waals surface area contributed by atoms with Gasteiger partial charge < -0.3 is 11.3 Å². The second-order valence-electron chi connectivity index (χ2n) is 2.09. The zero-order chi connectivity index (χ0) is 7.82. The normalized spacial score (nSPS) is 8.55. The number of aliphatic hydroxyl groups is 1. The summed E-state index contributed by atoms with van der Waals surface area (Å²) in [6.07, 6.45) is 3.07. The first-order valence-corrected chi connectivity index (χ1v) is 3.57. The first-order valence-electron chi connectivity index (χ1n) is 3.57. The van der Waals surface area contributed by atoms with Crippen molar-refractivity contribution in [1.29, 1.82) is 0 Å². The molecule has 0 aliphatic carbocycles. The molecule has 0 saturated carbocycles. The molecular formula is C7H15NaO3. The van der Waals surface area contributed by atoms with Gasteiger partial charge in [0.2, 0.25) is 0 Å². The predicted octanol–water partition coefficient (Wildman–Crippen LogP) is -2.17. The van der Waals surface area contributed by atoms with E-state index in [0.29, 0.717) is 6.61 Å². The maximum absolute atomic E-state index is 10.3. The van der Waals surface area contributed by atoms with Gasteiger partial charge in [0, 0.05) is 0 Å². The minimum Gasteiger partial charge on any atom is -1.00 e. The zero-order valence-electron chi connectivity index (χ0n) is 8.30. The molecule has 0 radical (unpaired) electrons. The number of unbranched alkanes of at least 4 members (excludes halogenated alkanes) is 2. The summed E-state index contributed by atoms with van der Waals surface area (Å²) in [7, 11) is 0. The monoisotopic (exact) mass is 170 g/mol. The van der Waals surface area contributed by atoms with Crippen LogP contribution in [0.3, 0.4) is 0 Å². The second-order valence-corrected chi connectivity index (χ2v) is 2.09. The van der Waals surface area contributed by atoms with E-state index >= 15 is 0 Å². The maximum atomic E-state index is 10.3. The third-order valence-electron chi connectivity index (χ3n) is 1.14. The van der Waals surface area contributed by atoms with Gasteiger partial charge in [-0.2, -0.15) is 0 Å². The topological polar surface area (TPSA) is 46.5 Å². The number of esters is 1. The molecule has 0 aliphatic rings. The quantitative estimate of drug-likeness (QED) is 0.290. The van der Waals surface area contributed by atoms with Gasteiger partial charge in [-0.1, -0.05) is 19.8 Å². The van der Waals surface area contributed by atoms with Gasteiger partial charge in [0.05, 0.1) is 6.61 Å². The molecular weight excluding hydrogens is 155 g/mol. The van der Waals surface area contributed by atoms with Crippen LogP contribution in [-0.4, -0.2) is 24.3 Å². The average Bonchev–Trinajstić information content (AvgIpc) is 1.98. The van der Waals surface area contributed by atoms with E-state index in [0.717, 1.165) is 19.3 Å². The number of carbonyl (C=O) groups is 1. The molecule has 0 heterocycles. The van der Waals surface area contributed by atoms with Crippen molar-refractivity contribution in [2.45, 2.75) is 26.2 Å². The van der Waals surface area contributed by atoms with E-state index in [1.165, 1.54) is 0 Å². The summed E-state index contributed by atoms with van der Waals surface area (Å²) in [6, 6.07) is 0. The smallest absolute Gasteiger partial charge is 1.00 e. The van der Waals surface area contributed by atoms with Crippen molar-refractivity contribution in [2.24, 2.45) is 0 Å². The van der Waals surface area contributed by atoms with Gasteiger partial charge >= 0.3 is 35.5 Å². The Morgan fingerprint density at radius 2 is 2.18 bits per heavy atom. The largest absolute Gasteiger partial charge is 1.00 e. The minimum atomic E-state index is -0.531. The van der Waals surface area contributed by atoms with Crippen molar-refractivity contribution in [2.75, 3.05) is 13.2 Å². The van der Waals surface area contributed by atoms with Gasteiger partial charge in [-0.25, -0.2) is 4.79 Å². The summed E-state index contributed by atoms with van der Waals surface area (Å²) in [6.45, 7) is 2.01. The zero-order valence-corrected chi connectivity index (χ0v) is 9.30. The fourth-order valence-electron chi connectivity index (χ4n) is 0.584. The third-order valence-corrected chi connectivity index (χ3v) is 1.14. The van der Waals surface area contributed by atoms with Crippen molar-refractivity contribution in [1.82, 2.24) is 0 Å². The standard InChI is InChI=1S/C7H14O3.Na.H/c1-2-3-4-5-10-7(9)6-8;;/h8H,2-6H2,1H3;;/q;+1;-1. The van der Waals surface area contributed by atoms with Crippen LogP contribution in [0.25, 0.3) is 0 Å². The Morgan fingerprint density at radius 1 is 1.55 bits per heavy atom. The summed E-state index contributed by atoms with van der Waals surface area (Å²) in [5.74, 6) is -0.531. The third kappa shape index (κ3) is 10.4. The second kappa shape index (κ2) is 10.4. The Hall–Kier alpha value is 0.430. The van der Waals surface area contributed by atoms with Gasteiger partial charge in [-0.3, -0.25) is 0 Å². The number of ether oxygens (including phenoxy) is 1. The van der Waals surface area contributed by atoms with Crippen LogP contribution in [0.1, 0.15) is 27.6 Å². The van der Waals surface area contributed by atoms with Gasteiger partial charge in [0.25, 0.3) is 0 Å². The maximum Gasteiger partial charge on any atom is 1.00 e. The van der Waals surface area contributed by atoms with Gasteiger partial charge in [0.1, 0.15) is 6.61 Å². The van der Waals surface area contributed by atoms with Crippen molar-refractivity contribution >= 4 is 5.97 Å². The van der Waals surface area contributed by atoms with Crippen molar-refractivity contribution in [3.05, 3.63) is 0 Å². The molecule has 1 N–H and O–H groups in total. The van der Waals surface area contributed by atoms with Crippen LogP contribution in [0, 0.1) is 0 Å². The number of carbonyl (C=O) groups excluding carboxylic acids is 1. The minimum absolute atomic E-state index is 0. The van der Waals surface area contributed by atoms with E-state index in [1.54, 1.807) is 0 Å². The first kappa shape index (κ1) is 14.0. The molecule has 0 aromatic heterocycles. The van der Waals surface area contributed by atoms with Crippen LogP contribution in [0.2, 0.25) is 0 Å². The predicted molar refractivity (Wildman–Crippen MR) is 38.7 cm³/mol. The van der Waals surface area contributed by atoms with E-state index in [9.17, 15) is 4.79 Å². The molecule has 0 amide bonds. The summed E-state index contributed by atoms with van der Waals surface area (Å²) in [5.41, 5.74) is 0. The molecule has 0 rings (SSSR count). The number of hydrogen-bond acceptors (Lipinski definition) is 3.